The summed E-state index contributed by atoms with van der Waals surface area (Å²) in [5.74, 6) is 0. The van der Waals surface area contributed by atoms with Crippen LogP contribution in [0.25, 0.3) is 5.69 Å². The number of hydrogen-bond acceptors (Lipinski definition) is 5. The number of aromatic nitrogens is 3. The minimum absolute atomic E-state index is 0.188. The van der Waals surface area contributed by atoms with Crippen molar-refractivity contribution in [3.63, 3.8) is 0 Å². The lowest BCUT2D eigenvalue weighted by Gasteiger charge is -2.29. The minimum atomic E-state index is -3.39. The molecule has 1 aliphatic rings. The van der Waals surface area contributed by atoms with E-state index in [1.807, 2.05) is 55.6 Å². The molecule has 5 rings (SSSR count). The third-order valence-electron chi connectivity index (χ3n) is 6.57. The Bertz CT molecular complexity index is 1570. The van der Waals surface area contributed by atoms with Crippen LogP contribution in [0.4, 0.5) is 11.4 Å². The first-order valence-corrected chi connectivity index (χ1v) is 14.1. The molecule has 190 valence electrons. The summed E-state index contributed by atoms with van der Waals surface area (Å²) in [6, 6.07) is 17.3. The topological polar surface area (TPSA) is 92.2 Å². The number of rotatable bonds is 6. The summed E-state index contributed by atoms with van der Waals surface area (Å²) in [5.41, 5.74) is 7.36. The van der Waals surface area contributed by atoms with E-state index in [1.165, 1.54) is 0 Å². The first kappa shape index (κ1) is 24.9. The fourth-order valence-corrected chi connectivity index (χ4v) is 6.01. The number of pyridine rings is 2. The lowest BCUT2D eigenvalue weighted by molar-refractivity contribution is 0.565. The van der Waals surface area contributed by atoms with Crippen molar-refractivity contribution >= 4 is 38.7 Å². The molecule has 0 aliphatic carbocycles. The van der Waals surface area contributed by atoms with Gasteiger partial charge in [-0.2, -0.15) is 0 Å². The second-order valence-corrected chi connectivity index (χ2v) is 11.4. The molecule has 0 saturated carbocycles. The highest BCUT2D eigenvalue weighted by atomic mass is 32.2. The van der Waals surface area contributed by atoms with Crippen LogP contribution in [0.1, 0.15) is 40.3 Å². The predicted octanol–water partition coefficient (Wildman–Crippen LogP) is 4.74. The molecule has 0 spiro atoms. The highest BCUT2D eigenvalue weighted by Crippen LogP contribution is 2.44. The van der Waals surface area contributed by atoms with Crippen LogP contribution in [-0.4, -0.2) is 34.3 Å². The smallest absolute Gasteiger partial charge is 0.229 e. The maximum Gasteiger partial charge on any atom is 0.229 e. The van der Waals surface area contributed by atoms with Crippen molar-refractivity contribution in [2.45, 2.75) is 32.9 Å². The van der Waals surface area contributed by atoms with E-state index in [1.54, 1.807) is 18.5 Å². The van der Waals surface area contributed by atoms with Gasteiger partial charge in [-0.15, -0.1) is 0 Å². The Morgan fingerprint density at radius 3 is 2.46 bits per heavy atom. The Balaban J connectivity index is 1.65. The van der Waals surface area contributed by atoms with Gasteiger partial charge in [-0.05, 0) is 92.6 Å². The van der Waals surface area contributed by atoms with E-state index >= 15 is 0 Å². The fourth-order valence-electron chi connectivity index (χ4n) is 5.03. The van der Waals surface area contributed by atoms with Crippen molar-refractivity contribution in [2.75, 3.05) is 15.9 Å². The van der Waals surface area contributed by atoms with E-state index < -0.39 is 10.0 Å². The van der Waals surface area contributed by atoms with Crippen LogP contribution in [0.15, 0.2) is 73.2 Å². The van der Waals surface area contributed by atoms with Crippen molar-refractivity contribution in [3.05, 3.63) is 101 Å². The SMILES string of the molecule is Cc1cc(N2C(=S)N[C@@H](c3ccccn3)[C@@H]2c2cc(C)n(-c3cccnc3)c2C)ccc1NS(C)(=O)=O. The van der Waals surface area contributed by atoms with Gasteiger partial charge in [0, 0.05) is 29.5 Å². The molecule has 1 aliphatic heterocycles. The molecular weight excluding hydrogens is 504 g/mol. The fraction of sp³-hybridized carbons (Fsp3) is 0.222. The van der Waals surface area contributed by atoms with E-state index in [0.717, 1.165) is 45.8 Å². The van der Waals surface area contributed by atoms with Crippen molar-refractivity contribution < 1.29 is 8.42 Å². The van der Waals surface area contributed by atoms with E-state index in [2.05, 4.69) is 49.4 Å². The monoisotopic (exact) mass is 532 g/mol. The molecule has 3 aromatic heterocycles. The van der Waals surface area contributed by atoms with Crippen LogP contribution in [0.3, 0.4) is 0 Å². The number of benzene rings is 1. The molecule has 8 nitrogen and oxygen atoms in total. The summed E-state index contributed by atoms with van der Waals surface area (Å²) in [6.07, 6.45) is 6.55. The highest BCUT2D eigenvalue weighted by Gasteiger charge is 2.42. The number of aryl methyl sites for hydroxylation is 2. The standard InChI is InChI=1S/C27H28N6O2S2/c1-17-14-20(10-11-23(17)31-37(4,34)35)33-26(25(30-27(33)36)24-9-5-6-13-29-24)22-15-18(2)32(19(22)3)21-8-7-12-28-16-21/h5-16,25-26,31H,1-4H3,(H,30,36)/t25-,26-/m0/s1. The van der Waals surface area contributed by atoms with Gasteiger partial charge in [-0.3, -0.25) is 14.7 Å². The van der Waals surface area contributed by atoms with Gasteiger partial charge in [0.2, 0.25) is 10.0 Å². The molecule has 0 radical (unpaired) electrons. The molecule has 1 fully saturated rings. The molecule has 4 aromatic rings. The molecule has 1 aromatic carbocycles. The zero-order valence-corrected chi connectivity index (χ0v) is 22.6. The van der Waals surface area contributed by atoms with Gasteiger partial charge >= 0.3 is 0 Å². The van der Waals surface area contributed by atoms with Gasteiger partial charge < -0.3 is 14.8 Å². The number of nitrogens with one attached hydrogen (secondary N) is 2. The molecule has 0 unspecified atom stereocenters. The molecule has 10 heteroatoms. The third kappa shape index (κ3) is 4.82. The summed E-state index contributed by atoms with van der Waals surface area (Å²) < 4.78 is 28.4. The highest BCUT2D eigenvalue weighted by molar-refractivity contribution is 7.92. The van der Waals surface area contributed by atoms with Crippen LogP contribution < -0.4 is 14.9 Å². The van der Waals surface area contributed by atoms with Crippen LogP contribution in [0.5, 0.6) is 0 Å². The van der Waals surface area contributed by atoms with Crippen molar-refractivity contribution in [1.29, 1.82) is 0 Å². The summed E-state index contributed by atoms with van der Waals surface area (Å²) in [7, 11) is -3.39. The van der Waals surface area contributed by atoms with Gasteiger partial charge in [-0.1, -0.05) is 6.07 Å². The molecular formula is C27H28N6O2S2. The first-order valence-electron chi connectivity index (χ1n) is 11.8. The second kappa shape index (κ2) is 9.60. The Hall–Kier alpha value is -3.76. The zero-order chi connectivity index (χ0) is 26.3. The van der Waals surface area contributed by atoms with Gasteiger partial charge in [0.15, 0.2) is 5.11 Å². The summed E-state index contributed by atoms with van der Waals surface area (Å²) in [5, 5.41) is 4.08. The zero-order valence-electron chi connectivity index (χ0n) is 21.0. The number of thiocarbonyl (C=S) groups is 1. The van der Waals surface area contributed by atoms with Crippen molar-refractivity contribution in [1.82, 2.24) is 19.9 Å². The maximum absolute atomic E-state index is 11.8. The Morgan fingerprint density at radius 1 is 1.00 bits per heavy atom. The molecule has 1 saturated heterocycles. The summed E-state index contributed by atoms with van der Waals surface area (Å²) >= 11 is 5.88. The predicted molar refractivity (Wildman–Crippen MR) is 151 cm³/mol. The number of sulfonamides is 1. The van der Waals surface area contributed by atoms with E-state index in [9.17, 15) is 8.42 Å². The van der Waals surface area contributed by atoms with Crippen molar-refractivity contribution in [3.8, 4) is 5.69 Å². The molecule has 0 amide bonds. The number of nitrogens with zero attached hydrogens (tertiary/aromatic N) is 4. The molecule has 0 bridgehead atoms. The Kier molecular flexibility index (Phi) is 6.47. The first-order chi connectivity index (χ1) is 17.6. The van der Waals surface area contributed by atoms with Crippen LogP contribution >= 0.6 is 12.2 Å². The van der Waals surface area contributed by atoms with Crippen LogP contribution in [-0.2, 0) is 10.0 Å². The lowest BCUT2D eigenvalue weighted by atomic mass is 9.96. The molecule has 37 heavy (non-hydrogen) atoms. The average Bonchev–Trinajstić information content (AvgIpc) is 3.35. The van der Waals surface area contributed by atoms with Gasteiger partial charge in [0.1, 0.15) is 0 Å². The van der Waals surface area contributed by atoms with Crippen LogP contribution in [0.2, 0.25) is 0 Å². The maximum atomic E-state index is 11.8. The van der Waals surface area contributed by atoms with E-state index in [0.29, 0.717) is 10.8 Å². The number of hydrogen-bond donors (Lipinski definition) is 2. The minimum Gasteiger partial charge on any atom is -0.351 e. The average molecular weight is 533 g/mol. The van der Waals surface area contributed by atoms with Crippen LogP contribution in [0, 0.1) is 20.8 Å². The van der Waals surface area contributed by atoms with Gasteiger partial charge in [-0.25, -0.2) is 8.42 Å². The largest absolute Gasteiger partial charge is 0.351 e. The lowest BCUT2D eigenvalue weighted by Crippen LogP contribution is -2.29. The summed E-state index contributed by atoms with van der Waals surface area (Å²) in [4.78, 5) is 11.1. The van der Waals surface area contributed by atoms with E-state index in [4.69, 9.17) is 12.2 Å². The normalized spacial score (nSPS) is 17.6. The summed E-state index contributed by atoms with van der Waals surface area (Å²) in [6.45, 7) is 6.07. The number of anilines is 2. The molecule has 2 N–H and O–H groups in total. The quantitative estimate of drug-likeness (QED) is 0.347. The van der Waals surface area contributed by atoms with Gasteiger partial charge in [0.05, 0.1) is 41.6 Å². The Labute approximate surface area is 222 Å². The molecule has 2 atom stereocenters. The van der Waals surface area contributed by atoms with E-state index in [-0.39, 0.29) is 12.1 Å². The molecule has 4 heterocycles. The Morgan fingerprint density at radius 2 is 1.81 bits per heavy atom. The van der Waals surface area contributed by atoms with Gasteiger partial charge in [0.25, 0.3) is 0 Å². The second-order valence-electron chi connectivity index (χ2n) is 9.24. The van der Waals surface area contributed by atoms with Crippen molar-refractivity contribution in [2.24, 2.45) is 0 Å². The third-order valence-corrected chi connectivity index (χ3v) is 7.48.